The number of aryl methyl sites for hydroxylation is 3. The van der Waals surface area contributed by atoms with Gasteiger partial charge in [-0.3, -0.25) is 0 Å². The zero-order valence-corrected chi connectivity index (χ0v) is 8.72. The van der Waals surface area contributed by atoms with E-state index in [0.717, 1.165) is 28.5 Å². The smallest absolute Gasteiger partial charge is 0.165 e. The van der Waals surface area contributed by atoms with Crippen molar-refractivity contribution >= 4 is 11.0 Å². The maximum absolute atomic E-state index is 9.87. The molecule has 0 radical (unpaired) electrons. The van der Waals surface area contributed by atoms with Crippen LogP contribution >= 0.6 is 0 Å². The van der Waals surface area contributed by atoms with E-state index in [9.17, 15) is 5.11 Å². The van der Waals surface area contributed by atoms with Crippen LogP contribution < -0.4 is 0 Å². The summed E-state index contributed by atoms with van der Waals surface area (Å²) in [5.74, 6) is 0.980. The van der Waals surface area contributed by atoms with Crippen molar-refractivity contribution in [2.75, 3.05) is 0 Å². The number of rotatable bonds is 1. The van der Waals surface area contributed by atoms with Gasteiger partial charge in [-0.05, 0) is 31.0 Å². The Bertz CT molecular complexity index is 481. The molecule has 74 valence electrons. The SMILES string of the molecule is CCc1oc2cc(C)cc(C)c2c1O. The van der Waals surface area contributed by atoms with Crippen LogP contribution in [-0.4, -0.2) is 5.11 Å². The molecule has 0 saturated heterocycles. The Morgan fingerprint density at radius 3 is 2.64 bits per heavy atom. The number of aromatic hydroxyl groups is 1. The Morgan fingerprint density at radius 2 is 2.00 bits per heavy atom. The Labute approximate surface area is 83.2 Å². The van der Waals surface area contributed by atoms with Gasteiger partial charge < -0.3 is 9.52 Å². The molecule has 0 aliphatic rings. The normalized spacial score (nSPS) is 11.1. The van der Waals surface area contributed by atoms with Gasteiger partial charge in [0.25, 0.3) is 0 Å². The van der Waals surface area contributed by atoms with Crippen LogP contribution in [0.2, 0.25) is 0 Å². The number of furan rings is 1. The lowest BCUT2D eigenvalue weighted by Gasteiger charge is -1.97. The van der Waals surface area contributed by atoms with Crippen LogP contribution in [0.3, 0.4) is 0 Å². The first kappa shape index (κ1) is 9.13. The van der Waals surface area contributed by atoms with Gasteiger partial charge in [-0.2, -0.15) is 0 Å². The number of benzene rings is 1. The fourth-order valence-corrected chi connectivity index (χ4v) is 1.87. The van der Waals surface area contributed by atoms with Gasteiger partial charge in [-0.25, -0.2) is 0 Å². The van der Waals surface area contributed by atoms with Gasteiger partial charge in [0.2, 0.25) is 0 Å². The number of fused-ring (bicyclic) bond motifs is 1. The average Bonchev–Trinajstić information content (AvgIpc) is 2.42. The van der Waals surface area contributed by atoms with E-state index in [-0.39, 0.29) is 0 Å². The van der Waals surface area contributed by atoms with Crippen molar-refractivity contribution in [3.05, 3.63) is 29.0 Å². The summed E-state index contributed by atoms with van der Waals surface area (Å²) in [7, 11) is 0. The van der Waals surface area contributed by atoms with Gasteiger partial charge >= 0.3 is 0 Å². The maximum atomic E-state index is 9.87. The lowest BCUT2D eigenvalue weighted by molar-refractivity contribution is 0.443. The fraction of sp³-hybridized carbons (Fsp3) is 0.333. The molecule has 2 aromatic rings. The summed E-state index contributed by atoms with van der Waals surface area (Å²) < 4.78 is 5.56. The number of hydrogen-bond donors (Lipinski definition) is 1. The lowest BCUT2D eigenvalue weighted by Crippen LogP contribution is -1.77. The molecule has 2 heteroatoms. The van der Waals surface area contributed by atoms with Gasteiger partial charge in [-0.15, -0.1) is 0 Å². The minimum atomic E-state index is 0.306. The first-order valence-corrected chi connectivity index (χ1v) is 4.85. The highest BCUT2D eigenvalue weighted by atomic mass is 16.4. The largest absolute Gasteiger partial charge is 0.504 e. The second-order valence-electron chi connectivity index (χ2n) is 3.68. The molecular weight excluding hydrogens is 176 g/mol. The van der Waals surface area contributed by atoms with Crippen LogP contribution in [0.1, 0.15) is 23.8 Å². The predicted molar refractivity (Wildman–Crippen MR) is 56.7 cm³/mol. The standard InChI is InChI=1S/C12H14O2/c1-4-9-12(13)11-8(3)5-7(2)6-10(11)14-9/h5-6,13H,4H2,1-3H3. The Kier molecular flexibility index (Phi) is 1.99. The Hall–Kier alpha value is -1.44. The second-order valence-corrected chi connectivity index (χ2v) is 3.68. The van der Waals surface area contributed by atoms with Gasteiger partial charge in [-0.1, -0.05) is 13.0 Å². The quantitative estimate of drug-likeness (QED) is 0.748. The van der Waals surface area contributed by atoms with Crippen molar-refractivity contribution in [2.45, 2.75) is 27.2 Å². The third-order valence-corrected chi connectivity index (χ3v) is 2.50. The van der Waals surface area contributed by atoms with Gasteiger partial charge in [0, 0.05) is 6.42 Å². The molecule has 2 rings (SSSR count). The van der Waals surface area contributed by atoms with Crippen LogP contribution in [0.15, 0.2) is 16.5 Å². The van der Waals surface area contributed by atoms with Gasteiger partial charge in [0.05, 0.1) is 5.39 Å². The van der Waals surface area contributed by atoms with E-state index < -0.39 is 0 Å². The Balaban J connectivity index is 2.85. The van der Waals surface area contributed by atoms with Crippen molar-refractivity contribution in [3.63, 3.8) is 0 Å². The molecule has 0 unspecified atom stereocenters. The highest BCUT2D eigenvalue weighted by Crippen LogP contribution is 2.35. The van der Waals surface area contributed by atoms with Crippen LogP contribution in [-0.2, 0) is 6.42 Å². The van der Waals surface area contributed by atoms with E-state index in [1.165, 1.54) is 0 Å². The minimum Gasteiger partial charge on any atom is -0.504 e. The van der Waals surface area contributed by atoms with Crippen molar-refractivity contribution in [3.8, 4) is 5.75 Å². The van der Waals surface area contributed by atoms with Gasteiger partial charge in [0.1, 0.15) is 11.3 Å². The molecule has 0 amide bonds. The number of hydrogen-bond acceptors (Lipinski definition) is 2. The topological polar surface area (TPSA) is 33.4 Å². The zero-order chi connectivity index (χ0) is 10.3. The van der Waals surface area contributed by atoms with Crippen molar-refractivity contribution < 1.29 is 9.52 Å². The Morgan fingerprint density at radius 1 is 1.29 bits per heavy atom. The average molecular weight is 190 g/mol. The molecule has 1 aromatic carbocycles. The predicted octanol–water partition coefficient (Wildman–Crippen LogP) is 3.32. The highest BCUT2D eigenvalue weighted by Gasteiger charge is 2.13. The molecule has 1 heterocycles. The van der Waals surface area contributed by atoms with E-state index in [0.29, 0.717) is 11.5 Å². The monoisotopic (exact) mass is 190 g/mol. The van der Waals surface area contributed by atoms with Crippen molar-refractivity contribution in [1.82, 2.24) is 0 Å². The molecule has 14 heavy (non-hydrogen) atoms. The van der Waals surface area contributed by atoms with E-state index in [1.54, 1.807) is 0 Å². The third kappa shape index (κ3) is 1.18. The first-order chi connectivity index (χ1) is 6.63. The van der Waals surface area contributed by atoms with Crippen LogP contribution in [0.25, 0.3) is 11.0 Å². The van der Waals surface area contributed by atoms with Crippen LogP contribution in [0.5, 0.6) is 5.75 Å². The first-order valence-electron chi connectivity index (χ1n) is 4.85. The molecule has 0 atom stereocenters. The highest BCUT2D eigenvalue weighted by molar-refractivity contribution is 5.88. The van der Waals surface area contributed by atoms with Crippen LogP contribution in [0.4, 0.5) is 0 Å². The van der Waals surface area contributed by atoms with E-state index in [4.69, 9.17) is 4.42 Å². The molecule has 1 aromatic heterocycles. The van der Waals surface area contributed by atoms with Crippen molar-refractivity contribution in [2.24, 2.45) is 0 Å². The maximum Gasteiger partial charge on any atom is 0.165 e. The molecule has 0 bridgehead atoms. The summed E-state index contributed by atoms with van der Waals surface area (Å²) in [6.07, 6.45) is 0.721. The molecule has 1 N–H and O–H groups in total. The second kappa shape index (κ2) is 3.05. The zero-order valence-electron chi connectivity index (χ0n) is 8.72. The summed E-state index contributed by atoms with van der Waals surface area (Å²) in [6, 6.07) is 4.01. The van der Waals surface area contributed by atoms with Gasteiger partial charge in [0.15, 0.2) is 5.75 Å². The van der Waals surface area contributed by atoms with E-state index in [2.05, 4.69) is 6.07 Å². The van der Waals surface area contributed by atoms with E-state index >= 15 is 0 Å². The lowest BCUT2D eigenvalue weighted by atomic mass is 10.1. The summed E-state index contributed by atoms with van der Waals surface area (Å²) in [5, 5.41) is 10.7. The molecule has 0 aliphatic heterocycles. The molecule has 0 spiro atoms. The third-order valence-electron chi connectivity index (χ3n) is 2.50. The molecule has 0 aliphatic carbocycles. The molecule has 2 nitrogen and oxygen atoms in total. The van der Waals surface area contributed by atoms with Crippen molar-refractivity contribution in [1.29, 1.82) is 0 Å². The summed E-state index contributed by atoms with van der Waals surface area (Å²) in [6.45, 7) is 5.99. The fourth-order valence-electron chi connectivity index (χ4n) is 1.87. The summed E-state index contributed by atoms with van der Waals surface area (Å²) in [4.78, 5) is 0. The van der Waals surface area contributed by atoms with E-state index in [1.807, 2.05) is 26.8 Å². The summed E-state index contributed by atoms with van der Waals surface area (Å²) >= 11 is 0. The minimum absolute atomic E-state index is 0.306. The van der Waals surface area contributed by atoms with Crippen LogP contribution in [0, 0.1) is 13.8 Å². The molecule has 0 saturated carbocycles. The molecular formula is C12H14O2. The molecule has 0 fully saturated rings. The summed E-state index contributed by atoms with van der Waals surface area (Å²) in [5.41, 5.74) is 3.02.